The summed E-state index contributed by atoms with van der Waals surface area (Å²) in [6.45, 7) is 4.80. The van der Waals surface area contributed by atoms with Crippen LogP contribution in [0.5, 0.6) is 0 Å². The summed E-state index contributed by atoms with van der Waals surface area (Å²) in [5, 5.41) is 5.66. The Hall–Kier alpha value is -1.79. The van der Waals surface area contributed by atoms with Crippen molar-refractivity contribution >= 4 is 40.8 Å². The molecule has 1 aliphatic rings. The number of benzene rings is 2. The highest BCUT2D eigenvalue weighted by Gasteiger charge is 2.33. The van der Waals surface area contributed by atoms with Crippen LogP contribution in [0.1, 0.15) is 36.7 Å². The zero-order valence-corrected chi connectivity index (χ0v) is 20.1. The predicted octanol–water partition coefficient (Wildman–Crippen LogP) is 6.85. The predicted molar refractivity (Wildman–Crippen MR) is 131 cm³/mol. The van der Waals surface area contributed by atoms with Gasteiger partial charge in [0.15, 0.2) is 0 Å². The average molecular weight is 474 g/mol. The van der Waals surface area contributed by atoms with Crippen LogP contribution in [0.3, 0.4) is 0 Å². The number of nitrogens with one attached hydrogen (secondary N) is 1. The van der Waals surface area contributed by atoms with Gasteiger partial charge in [0, 0.05) is 23.6 Å². The summed E-state index contributed by atoms with van der Waals surface area (Å²) >= 11 is 14.1. The maximum Gasteiger partial charge on any atom is 0.149 e. The lowest BCUT2D eigenvalue weighted by Crippen LogP contribution is -2.26. The summed E-state index contributed by atoms with van der Waals surface area (Å²) in [6.07, 6.45) is 3.71. The minimum atomic E-state index is 0.0374. The van der Waals surface area contributed by atoms with Crippen LogP contribution in [0.2, 0.25) is 10.0 Å². The Morgan fingerprint density at radius 1 is 1.13 bits per heavy atom. The molecule has 31 heavy (non-hydrogen) atoms. The zero-order chi connectivity index (χ0) is 22.0. The zero-order valence-electron chi connectivity index (χ0n) is 17.8. The Kier molecular flexibility index (Phi) is 7.07. The highest BCUT2D eigenvalue weighted by molar-refractivity contribution is 7.98. The lowest BCUT2D eigenvalue weighted by molar-refractivity contribution is 0.0573. The first kappa shape index (κ1) is 22.4. The number of rotatable bonds is 7. The van der Waals surface area contributed by atoms with E-state index in [1.165, 1.54) is 11.1 Å². The molecule has 4 nitrogen and oxygen atoms in total. The number of fused-ring (bicyclic) bond motifs is 1. The molecule has 4 rings (SSSR count). The summed E-state index contributed by atoms with van der Waals surface area (Å²) in [5.74, 6) is 0.798. The van der Waals surface area contributed by atoms with E-state index in [0.29, 0.717) is 16.7 Å². The van der Waals surface area contributed by atoms with Crippen molar-refractivity contribution in [3.8, 4) is 11.3 Å². The van der Waals surface area contributed by atoms with E-state index in [1.54, 1.807) is 17.8 Å². The lowest BCUT2D eigenvalue weighted by atomic mass is 10.1. The second kappa shape index (κ2) is 9.78. The molecule has 0 fully saturated rings. The molecule has 2 atom stereocenters. The Morgan fingerprint density at radius 3 is 2.65 bits per heavy atom. The maximum atomic E-state index is 6.48. The topological polar surface area (TPSA) is 47.0 Å². The van der Waals surface area contributed by atoms with E-state index in [4.69, 9.17) is 37.9 Å². The van der Waals surface area contributed by atoms with Crippen LogP contribution in [0, 0.1) is 0 Å². The van der Waals surface area contributed by atoms with Gasteiger partial charge < -0.3 is 10.1 Å². The van der Waals surface area contributed by atoms with E-state index in [-0.39, 0.29) is 12.1 Å². The van der Waals surface area contributed by atoms with Crippen molar-refractivity contribution in [3.05, 3.63) is 69.3 Å². The van der Waals surface area contributed by atoms with Crippen LogP contribution in [-0.2, 0) is 17.6 Å². The van der Waals surface area contributed by atoms with Gasteiger partial charge in [-0.05, 0) is 48.9 Å². The molecule has 0 aliphatic heterocycles. The van der Waals surface area contributed by atoms with Crippen LogP contribution >= 0.6 is 35.0 Å². The number of hydrogen-bond acceptors (Lipinski definition) is 5. The molecule has 0 spiro atoms. The summed E-state index contributed by atoms with van der Waals surface area (Å²) in [5.41, 5.74) is 5.10. The van der Waals surface area contributed by atoms with Crippen LogP contribution in [0.25, 0.3) is 11.3 Å². The van der Waals surface area contributed by atoms with Crippen molar-refractivity contribution in [1.29, 1.82) is 0 Å². The molecule has 0 saturated carbocycles. The quantitative estimate of drug-likeness (QED) is 0.380. The van der Waals surface area contributed by atoms with Crippen molar-refractivity contribution < 1.29 is 4.74 Å². The van der Waals surface area contributed by atoms with Gasteiger partial charge in [0.25, 0.3) is 0 Å². The summed E-state index contributed by atoms with van der Waals surface area (Å²) < 4.78 is 6.07. The normalized spacial score (nSPS) is 17.6. The summed E-state index contributed by atoms with van der Waals surface area (Å²) in [6, 6.07) is 14.0. The van der Waals surface area contributed by atoms with Gasteiger partial charge in [-0.2, -0.15) is 0 Å². The third-order valence-electron chi connectivity index (χ3n) is 5.51. The SMILES string of the molecule is CCOC1Cc2ccccc2C1Nc1nc(SC)c(-c2ccc(Cl)cc2Cl)nc1CC. The van der Waals surface area contributed by atoms with E-state index in [0.717, 1.165) is 40.6 Å². The van der Waals surface area contributed by atoms with Crippen LogP contribution in [0.4, 0.5) is 5.82 Å². The third kappa shape index (κ3) is 4.56. The molecular weight excluding hydrogens is 449 g/mol. The number of hydrogen-bond donors (Lipinski definition) is 1. The first-order chi connectivity index (χ1) is 15.0. The standard InChI is InChI=1S/C24H25Cl2N3OS/c1-4-19-23(28-21-16-9-7-6-8-14(16)12-20(21)30-5-2)29-24(31-3)22(27-19)17-11-10-15(25)13-18(17)26/h6-11,13,20-21H,4-5,12H2,1-3H3,(H,28,29). The number of halogens is 2. The third-order valence-corrected chi connectivity index (χ3v) is 6.73. The Morgan fingerprint density at radius 2 is 1.94 bits per heavy atom. The van der Waals surface area contributed by atoms with Crippen LogP contribution in [0.15, 0.2) is 47.5 Å². The second-order valence-electron chi connectivity index (χ2n) is 7.37. The first-order valence-corrected chi connectivity index (χ1v) is 12.4. The van der Waals surface area contributed by atoms with Crippen molar-refractivity contribution in [2.45, 2.75) is 43.9 Å². The number of anilines is 1. The average Bonchev–Trinajstić information content (AvgIpc) is 3.11. The first-order valence-electron chi connectivity index (χ1n) is 10.4. The highest BCUT2D eigenvalue weighted by atomic mass is 35.5. The smallest absolute Gasteiger partial charge is 0.149 e. The van der Waals surface area contributed by atoms with Crippen molar-refractivity contribution in [3.63, 3.8) is 0 Å². The number of ether oxygens (including phenoxy) is 1. The fourth-order valence-corrected chi connectivity index (χ4v) is 5.09. The fraction of sp³-hybridized carbons (Fsp3) is 0.333. The maximum absolute atomic E-state index is 6.48. The molecule has 162 valence electrons. The minimum absolute atomic E-state index is 0.0374. The van der Waals surface area contributed by atoms with Gasteiger partial charge in [-0.3, -0.25) is 0 Å². The molecule has 2 unspecified atom stereocenters. The highest BCUT2D eigenvalue weighted by Crippen LogP contribution is 2.39. The van der Waals surface area contributed by atoms with Gasteiger partial charge in [0.1, 0.15) is 16.5 Å². The Balaban J connectivity index is 1.75. The molecule has 7 heteroatoms. The molecule has 0 radical (unpaired) electrons. The van der Waals surface area contributed by atoms with E-state index in [9.17, 15) is 0 Å². The molecule has 1 aromatic heterocycles. The second-order valence-corrected chi connectivity index (χ2v) is 9.01. The molecule has 1 aliphatic carbocycles. The van der Waals surface area contributed by atoms with E-state index >= 15 is 0 Å². The van der Waals surface area contributed by atoms with Crippen LogP contribution in [-0.4, -0.2) is 28.9 Å². The summed E-state index contributed by atoms with van der Waals surface area (Å²) in [4.78, 5) is 9.95. The van der Waals surface area contributed by atoms with Gasteiger partial charge in [-0.1, -0.05) is 54.4 Å². The van der Waals surface area contributed by atoms with Crippen molar-refractivity contribution in [2.24, 2.45) is 0 Å². The van der Waals surface area contributed by atoms with E-state index in [1.807, 2.05) is 25.3 Å². The monoisotopic (exact) mass is 473 g/mol. The molecule has 3 aromatic rings. The van der Waals surface area contributed by atoms with Gasteiger partial charge in [-0.25, -0.2) is 9.97 Å². The fourth-order valence-electron chi connectivity index (χ4n) is 4.06. The van der Waals surface area contributed by atoms with Gasteiger partial charge in [0.2, 0.25) is 0 Å². The van der Waals surface area contributed by atoms with E-state index < -0.39 is 0 Å². The molecule has 1 heterocycles. The molecule has 0 saturated heterocycles. The largest absolute Gasteiger partial charge is 0.376 e. The van der Waals surface area contributed by atoms with Gasteiger partial charge in [-0.15, -0.1) is 11.8 Å². The number of aryl methyl sites for hydroxylation is 1. The van der Waals surface area contributed by atoms with Crippen LogP contribution < -0.4 is 5.32 Å². The molecule has 1 N–H and O–H groups in total. The van der Waals surface area contributed by atoms with Crippen molar-refractivity contribution in [1.82, 2.24) is 9.97 Å². The number of thioether (sulfide) groups is 1. The minimum Gasteiger partial charge on any atom is -0.376 e. The molecule has 0 amide bonds. The number of nitrogens with zero attached hydrogens (tertiary/aromatic N) is 2. The molecule has 0 bridgehead atoms. The van der Waals surface area contributed by atoms with Crippen molar-refractivity contribution in [2.75, 3.05) is 18.2 Å². The Bertz CT molecular complexity index is 1090. The van der Waals surface area contributed by atoms with Gasteiger partial charge >= 0.3 is 0 Å². The summed E-state index contributed by atoms with van der Waals surface area (Å²) in [7, 11) is 0. The number of aromatic nitrogens is 2. The van der Waals surface area contributed by atoms with E-state index in [2.05, 4.69) is 36.5 Å². The van der Waals surface area contributed by atoms with Gasteiger partial charge in [0.05, 0.1) is 22.9 Å². The molecule has 2 aromatic carbocycles. The molecular formula is C24H25Cl2N3OS. The lowest BCUT2D eigenvalue weighted by Gasteiger charge is -2.24. The Labute approximate surface area is 197 Å².